The fourth-order valence-electron chi connectivity index (χ4n) is 3.54. The minimum absolute atomic E-state index is 0.0211. The zero-order chi connectivity index (χ0) is 19.0. The molecule has 1 aliphatic carbocycles. The zero-order valence-electron chi connectivity index (χ0n) is 15.6. The smallest absolute Gasteiger partial charge is 0.260 e. The summed E-state index contributed by atoms with van der Waals surface area (Å²) in [5.41, 5.74) is 2.20. The summed E-state index contributed by atoms with van der Waals surface area (Å²) >= 11 is 3.18. The van der Waals surface area contributed by atoms with Gasteiger partial charge < -0.3 is 14.5 Å². The Morgan fingerprint density at radius 3 is 2.96 bits per heavy atom. The average molecular weight is 403 g/mol. The van der Waals surface area contributed by atoms with Gasteiger partial charge in [0.1, 0.15) is 16.3 Å². The van der Waals surface area contributed by atoms with E-state index in [9.17, 15) is 4.79 Å². The molecule has 0 unspecified atom stereocenters. The first kappa shape index (κ1) is 18.4. The lowest BCUT2D eigenvalue weighted by Crippen LogP contribution is -2.13. The summed E-state index contributed by atoms with van der Waals surface area (Å²) in [7, 11) is 3.30. The number of fused-ring (bicyclic) bond motifs is 3. The number of nitrogens with zero attached hydrogens (tertiary/aromatic N) is 1. The molecule has 2 aromatic heterocycles. The van der Waals surface area contributed by atoms with Gasteiger partial charge in [0.05, 0.1) is 19.6 Å². The molecule has 0 saturated heterocycles. The number of rotatable bonds is 5. The Morgan fingerprint density at radius 2 is 2.19 bits per heavy atom. The molecule has 0 aliphatic heterocycles. The van der Waals surface area contributed by atoms with Crippen molar-refractivity contribution in [3.8, 4) is 11.5 Å². The molecule has 0 spiro atoms. The lowest BCUT2D eigenvalue weighted by atomic mass is 9.89. The maximum atomic E-state index is 12.7. The monoisotopic (exact) mass is 402 g/mol. The molecule has 1 atom stereocenters. The number of ether oxygens (including phenoxy) is 2. The Labute approximate surface area is 166 Å². The van der Waals surface area contributed by atoms with Gasteiger partial charge in [0.25, 0.3) is 5.56 Å². The lowest BCUT2D eigenvalue weighted by Gasteiger charge is -2.17. The fourth-order valence-corrected chi connectivity index (χ4v) is 5.82. The van der Waals surface area contributed by atoms with E-state index >= 15 is 0 Å². The summed E-state index contributed by atoms with van der Waals surface area (Å²) in [4.78, 5) is 22.6. The van der Waals surface area contributed by atoms with Crippen molar-refractivity contribution >= 4 is 33.3 Å². The first-order valence-electron chi connectivity index (χ1n) is 8.97. The maximum Gasteiger partial charge on any atom is 0.260 e. The summed E-state index contributed by atoms with van der Waals surface area (Å²) in [6.45, 7) is 2.27. The highest BCUT2D eigenvalue weighted by Crippen LogP contribution is 2.36. The van der Waals surface area contributed by atoms with Crippen LogP contribution in [0.3, 0.4) is 0 Å². The van der Waals surface area contributed by atoms with E-state index in [2.05, 4.69) is 11.9 Å². The number of nitrogens with one attached hydrogen (secondary N) is 1. The van der Waals surface area contributed by atoms with E-state index in [4.69, 9.17) is 14.5 Å². The second-order valence-corrected chi connectivity index (χ2v) is 8.92. The van der Waals surface area contributed by atoms with Gasteiger partial charge in [0.15, 0.2) is 5.16 Å². The summed E-state index contributed by atoms with van der Waals surface area (Å²) in [6, 6.07) is 5.71. The molecule has 3 aromatic rings. The van der Waals surface area contributed by atoms with Crippen LogP contribution in [0.2, 0.25) is 0 Å². The molecule has 0 radical (unpaired) electrons. The highest BCUT2D eigenvalue weighted by atomic mass is 32.2. The molecule has 0 amide bonds. The van der Waals surface area contributed by atoms with E-state index in [-0.39, 0.29) is 5.56 Å². The van der Waals surface area contributed by atoms with E-state index in [1.165, 1.54) is 22.2 Å². The van der Waals surface area contributed by atoms with E-state index < -0.39 is 0 Å². The molecule has 1 aliphatic rings. The minimum atomic E-state index is -0.0211. The molecule has 142 valence electrons. The highest BCUT2D eigenvalue weighted by Gasteiger charge is 2.23. The minimum Gasteiger partial charge on any atom is -0.497 e. The summed E-state index contributed by atoms with van der Waals surface area (Å²) in [5, 5.41) is 1.44. The number of H-pyrrole nitrogens is 1. The molecule has 1 aromatic carbocycles. The molecule has 2 heterocycles. The van der Waals surface area contributed by atoms with Crippen LogP contribution in [0.25, 0.3) is 10.2 Å². The topological polar surface area (TPSA) is 64.2 Å². The maximum absolute atomic E-state index is 12.7. The molecule has 5 nitrogen and oxygen atoms in total. The van der Waals surface area contributed by atoms with E-state index in [1.54, 1.807) is 25.6 Å². The third-order valence-corrected chi connectivity index (χ3v) is 7.07. The van der Waals surface area contributed by atoms with Crippen LogP contribution in [0.1, 0.15) is 29.3 Å². The Balaban J connectivity index is 1.63. The van der Waals surface area contributed by atoms with Gasteiger partial charge in [-0.05, 0) is 48.9 Å². The van der Waals surface area contributed by atoms with Crippen LogP contribution in [0.5, 0.6) is 11.5 Å². The Kier molecular flexibility index (Phi) is 5.14. The second kappa shape index (κ2) is 7.56. The van der Waals surface area contributed by atoms with Crippen molar-refractivity contribution in [3.05, 3.63) is 44.6 Å². The molecular formula is C20H22N2O3S2. The van der Waals surface area contributed by atoms with Gasteiger partial charge in [-0.25, -0.2) is 4.98 Å². The second-order valence-electron chi connectivity index (χ2n) is 6.87. The van der Waals surface area contributed by atoms with Crippen LogP contribution in [0.4, 0.5) is 0 Å². The number of hydrogen-bond donors (Lipinski definition) is 1. The molecule has 1 N–H and O–H groups in total. The summed E-state index contributed by atoms with van der Waals surface area (Å²) in [6.07, 6.45) is 3.18. The summed E-state index contributed by atoms with van der Waals surface area (Å²) in [5.74, 6) is 2.89. The van der Waals surface area contributed by atoms with Crippen LogP contribution in [-0.2, 0) is 18.6 Å². The normalized spacial score (nSPS) is 16.3. The van der Waals surface area contributed by atoms with Crippen LogP contribution >= 0.6 is 23.1 Å². The number of benzene rings is 1. The van der Waals surface area contributed by atoms with Crippen molar-refractivity contribution in [3.63, 3.8) is 0 Å². The standard InChI is InChI=1S/C20H22N2O3S2/c1-11-4-6-14-16(8-11)27-19-17(14)18(23)21-20(22-19)26-10-12-9-13(24-2)5-7-15(12)25-3/h5,7,9,11H,4,6,8,10H2,1-3H3,(H,21,22,23)/t11-/m1/s1. The number of aromatic amines is 1. The average Bonchev–Trinajstić information content (AvgIpc) is 3.03. The van der Waals surface area contributed by atoms with Crippen LogP contribution in [-0.4, -0.2) is 24.2 Å². The molecule has 0 saturated carbocycles. The fraction of sp³-hybridized carbons (Fsp3) is 0.400. The predicted molar refractivity (Wildman–Crippen MR) is 111 cm³/mol. The van der Waals surface area contributed by atoms with Gasteiger partial charge in [-0.3, -0.25) is 4.79 Å². The molecule has 7 heteroatoms. The lowest BCUT2D eigenvalue weighted by molar-refractivity contribution is 0.400. The van der Waals surface area contributed by atoms with Crippen molar-refractivity contribution in [2.75, 3.05) is 14.2 Å². The third-order valence-electron chi connectivity index (χ3n) is 5.00. The highest BCUT2D eigenvalue weighted by molar-refractivity contribution is 7.98. The summed E-state index contributed by atoms with van der Waals surface area (Å²) < 4.78 is 10.7. The third kappa shape index (κ3) is 3.58. The van der Waals surface area contributed by atoms with Crippen LogP contribution in [0, 0.1) is 5.92 Å². The van der Waals surface area contributed by atoms with Crippen molar-refractivity contribution in [1.82, 2.24) is 9.97 Å². The van der Waals surface area contributed by atoms with E-state index in [0.29, 0.717) is 16.8 Å². The van der Waals surface area contributed by atoms with Crippen molar-refractivity contribution in [1.29, 1.82) is 0 Å². The van der Waals surface area contributed by atoms with Crippen LogP contribution < -0.4 is 15.0 Å². The van der Waals surface area contributed by atoms with Gasteiger partial charge in [-0.15, -0.1) is 11.3 Å². The van der Waals surface area contributed by atoms with E-state index in [0.717, 1.165) is 46.5 Å². The van der Waals surface area contributed by atoms with Gasteiger partial charge in [0.2, 0.25) is 0 Å². The number of thioether (sulfide) groups is 1. The van der Waals surface area contributed by atoms with Crippen molar-refractivity contribution in [2.24, 2.45) is 5.92 Å². The van der Waals surface area contributed by atoms with Gasteiger partial charge in [-0.1, -0.05) is 18.7 Å². The van der Waals surface area contributed by atoms with E-state index in [1.807, 2.05) is 18.2 Å². The first-order chi connectivity index (χ1) is 13.1. The Morgan fingerprint density at radius 1 is 1.33 bits per heavy atom. The first-order valence-corrected chi connectivity index (χ1v) is 10.8. The molecular weight excluding hydrogens is 380 g/mol. The largest absolute Gasteiger partial charge is 0.497 e. The molecule has 0 fully saturated rings. The Bertz CT molecular complexity index is 1040. The number of thiophene rings is 1. The quantitative estimate of drug-likeness (QED) is 0.506. The number of methoxy groups -OCH3 is 2. The number of hydrogen-bond acceptors (Lipinski definition) is 6. The number of aromatic nitrogens is 2. The van der Waals surface area contributed by atoms with Gasteiger partial charge in [-0.2, -0.15) is 0 Å². The Hall–Kier alpha value is -1.99. The van der Waals surface area contributed by atoms with Crippen molar-refractivity contribution < 1.29 is 9.47 Å². The number of aryl methyl sites for hydroxylation is 1. The SMILES string of the molecule is COc1ccc(OC)c(CSc2nc3sc4c(c3c(=O)[nH]2)CC[C@@H](C)C4)c1. The van der Waals surface area contributed by atoms with Gasteiger partial charge in [0, 0.05) is 16.2 Å². The van der Waals surface area contributed by atoms with Gasteiger partial charge >= 0.3 is 0 Å². The zero-order valence-corrected chi connectivity index (χ0v) is 17.3. The van der Waals surface area contributed by atoms with Crippen LogP contribution in [0.15, 0.2) is 28.2 Å². The molecule has 27 heavy (non-hydrogen) atoms. The van der Waals surface area contributed by atoms with Crippen molar-refractivity contribution in [2.45, 2.75) is 37.1 Å². The molecule has 4 rings (SSSR count). The predicted octanol–water partition coefficient (Wildman–Crippen LogP) is 4.42. The molecule has 0 bridgehead atoms.